The molecule has 3 aromatic rings. The first-order chi connectivity index (χ1) is 20.3. The molecule has 0 saturated carbocycles. The van der Waals surface area contributed by atoms with Crippen molar-refractivity contribution in [2.75, 3.05) is 20.3 Å². The number of fused-ring (bicyclic) bond motifs is 1. The van der Waals surface area contributed by atoms with Crippen LogP contribution in [0.2, 0.25) is 0 Å². The molecule has 4 rings (SSSR count). The summed E-state index contributed by atoms with van der Waals surface area (Å²) in [6.07, 6.45) is 3.64. The van der Waals surface area contributed by atoms with Crippen LogP contribution in [0, 0.1) is 0 Å². The van der Waals surface area contributed by atoms with Gasteiger partial charge in [-0.25, -0.2) is 15.0 Å². The van der Waals surface area contributed by atoms with Gasteiger partial charge in [-0.1, -0.05) is 18.6 Å². The molecule has 0 bridgehead atoms. The first-order valence-corrected chi connectivity index (χ1v) is 13.8. The predicted molar refractivity (Wildman–Crippen MR) is 150 cm³/mol. The molecule has 226 valence electrons. The van der Waals surface area contributed by atoms with E-state index in [1.54, 1.807) is 31.4 Å². The lowest BCUT2D eigenvalue weighted by atomic mass is 10.0. The fourth-order valence-corrected chi connectivity index (χ4v) is 4.87. The normalized spacial score (nSPS) is 20.7. The average Bonchev–Trinajstić information content (AvgIpc) is 3.55. The maximum absolute atomic E-state index is 13.6. The summed E-state index contributed by atoms with van der Waals surface area (Å²) in [6.45, 7) is 1.53. The molecule has 1 aliphatic rings. The highest BCUT2D eigenvalue weighted by Crippen LogP contribution is 2.31. The molecule has 2 aromatic heterocycles. The number of nitrogens with zero attached hydrogens (tertiary/aromatic N) is 4. The Bertz CT molecular complexity index is 1350. The molecule has 3 heterocycles. The third-order valence-corrected chi connectivity index (χ3v) is 7.08. The average molecular weight is 584 g/mol. The molecule has 1 aromatic carbocycles. The van der Waals surface area contributed by atoms with E-state index in [2.05, 4.69) is 30.9 Å². The Morgan fingerprint density at radius 3 is 2.64 bits per heavy atom. The molecular weight excluding hydrogens is 546 g/mol. The quantitative estimate of drug-likeness (QED) is 0.161. The topological polar surface area (TPSA) is 190 Å². The highest BCUT2D eigenvalue weighted by atomic mass is 16.5. The molecule has 1 aliphatic heterocycles. The summed E-state index contributed by atoms with van der Waals surface area (Å²) >= 11 is 0. The number of methoxy groups -OCH3 is 1. The van der Waals surface area contributed by atoms with Gasteiger partial charge in [0.2, 0.25) is 17.7 Å². The highest BCUT2D eigenvalue weighted by Gasteiger charge is 2.46. The van der Waals surface area contributed by atoms with Crippen LogP contribution >= 0.6 is 0 Å². The summed E-state index contributed by atoms with van der Waals surface area (Å²) in [7, 11) is 1.56. The van der Waals surface area contributed by atoms with Gasteiger partial charge in [0.15, 0.2) is 11.9 Å². The molecule has 5 N–H and O–H groups in total. The van der Waals surface area contributed by atoms with Crippen LogP contribution in [-0.4, -0.2) is 92.0 Å². The number of rotatable bonds is 14. The zero-order valence-electron chi connectivity index (χ0n) is 23.6. The van der Waals surface area contributed by atoms with Crippen molar-refractivity contribution >= 4 is 28.9 Å². The van der Waals surface area contributed by atoms with E-state index >= 15 is 0 Å². The van der Waals surface area contributed by atoms with E-state index in [4.69, 9.17) is 9.47 Å². The van der Waals surface area contributed by atoms with Gasteiger partial charge in [0.05, 0.1) is 32.3 Å². The van der Waals surface area contributed by atoms with Crippen molar-refractivity contribution in [2.45, 2.75) is 69.5 Å². The van der Waals surface area contributed by atoms with Gasteiger partial charge < -0.3 is 35.6 Å². The van der Waals surface area contributed by atoms with Crippen molar-refractivity contribution in [2.24, 2.45) is 0 Å². The SMILES string of the molecule is COc1ccc(CC(NC(=O)CCCCCNC(C)=O)C(=O)NC2C(CO)OC(n3cnc4cncnc43)C2O)cc1. The third-order valence-electron chi connectivity index (χ3n) is 7.08. The molecule has 1 fully saturated rings. The first kappa shape index (κ1) is 30.8. The van der Waals surface area contributed by atoms with Crippen LogP contribution in [0.15, 0.2) is 43.1 Å². The molecular formula is C28H37N7O7. The van der Waals surface area contributed by atoms with Gasteiger partial charge in [-0.05, 0) is 30.5 Å². The third kappa shape index (κ3) is 7.78. The standard InChI is InChI=1S/C28H37N7O7/c1-17(37)30-11-5-3-4-6-23(38)33-20(12-18-7-9-19(41-2)10-8-18)27(40)34-24-22(14-36)42-28(25(24)39)35-16-32-21-13-29-15-31-26(21)35/h7-10,13,15-16,20,22,24-25,28,36,39H,3-6,11-12,14H2,1-2H3,(H,30,37)(H,33,38)(H,34,40). The number of hydrogen-bond donors (Lipinski definition) is 5. The zero-order chi connectivity index (χ0) is 30.1. The van der Waals surface area contributed by atoms with Gasteiger partial charge in [0, 0.05) is 26.3 Å². The lowest BCUT2D eigenvalue weighted by molar-refractivity contribution is -0.130. The number of aliphatic hydroxyl groups excluding tert-OH is 2. The van der Waals surface area contributed by atoms with Crippen LogP contribution in [0.3, 0.4) is 0 Å². The van der Waals surface area contributed by atoms with Gasteiger partial charge in [0.25, 0.3) is 0 Å². The van der Waals surface area contributed by atoms with Gasteiger partial charge >= 0.3 is 0 Å². The van der Waals surface area contributed by atoms with Crippen molar-refractivity contribution in [1.29, 1.82) is 0 Å². The fourth-order valence-electron chi connectivity index (χ4n) is 4.87. The first-order valence-electron chi connectivity index (χ1n) is 13.8. The van der Waals surface area contributed by atoms with Crippen LogP contribution in [-0.2, 0) is 25.5 Å². The summed E-state index contributed by atoms with van der Waals surface area (Å²) in [5, 5.41) is 29.5. The van der Waals surface area contributed by atoms with E-state index in [9.17, 15) is 24.6 Å². The molecule has 5 unspecified atom stereocenters. The lowest BCUT2D eigenvalue weighted by Crippen LogP contribution is -2.55. The minimum absolute atomic E-state index is 0.0972. The summed E-state index contributed by atoms with van der Waals surface area (Å²) in [4.78, 5) is 49.8. The zero-order valence-corrected chi connectivity index (χ0v) is 23.6. The fraction of sp³-hybridized carbons (Fsp3) is 0.500. The minimum atomic E-state index is -1.25. The number of imidazole rings is 1. The summed E-state index contributed by atoms with van der Waals surface area (Å²) in [5.74, 6) is -0.273. The number of carbonyl (C=O) groups excluding carboxylic acids is 3. The second kappa shape index (κ2) is 14.7. The number of benzene rings is 1. The largest absolute Gasteiger partial charge is 0.497 e. The number of nitrogens with one attached hydrogen (secondary N) is 3. The molecule has 0 radical (unpaired) electrons. The number of unbranched alkanes of at least 4 members (excludes halogenated alkanes) is 2. The number of aliphatic hydroxyl groups is 2. The van der Waals surface area contributed by atoms with E-state index in [0.717, 1.165) is 18.4 Å². The second-order valence-corrected chi connectivity index (χ2v) is 10.1. The molecule has 14 nitrogen and oxygen atoms in total. The monoisotopic (exact) mass is 583 g/mol. The summed E-state index contributed by atoms with van der Waals surface area (Å²) in [6, 6.07) is 5.20. The van der Waals surface area contributed by atoms with Crippen LogP contribution in [0.4, 0.5) is 0 Å². The molecule has 5 atom stereocenters. The number of hydrogen-bond acceptors (Lipinski definition) is 10. The smallest absolute Gasteiger partial charge is 0.243 e. The Kier molecular flexibility index (Phi) is 10.8. The Morgan fingerprint density at radius 1 is 1.14 bits per heavy atom. The Hall–Kier alpha value is -4.14. The van der Waals surface area contributed by atoms with Crippen LogP contribution in [0.5, 0.6) is 5.75 Å². The van der Waals surface area contributed by atoms with E-state index in [1.165, 1.54) is 30.3 Å². The molecule has 3 amide bonds. The van der Waals surface area contributed by atoms with E-state index in [0.29, 0.717) is 29.9 Å². The molecule has 0 aliphatic carbocycles. The van der Waals surface area contributed by atoms with Crippen LogP contribution in [0.25, 0.3) is 11.2 Å². The maximum Gasteiger partial charge on any atom is 0.243 e. The van der Waals surface area contributed by atoms with Crippen molar-refractivity contribution < 1.29 is 34.1 Å². The van der Waals surface area contributed by atoms with Gasteiger partial charge in [-0.3, -0.25) is 19.0 Å². The Morgan fingerprint density at radius 2 is 1.93 bits per heavy atom. The summed E-state index contributed by atoms with van der Waals surface area (Å²) < 4.78 is 12.7. The second-order valence-electron chi connectivity index (χ2n) is 10.1. The van der Waals surface area contributed by atoms with Crippen LogP contribution in [0.1, 0.15) is 44.4 Å². The Balaban J connectivity index is 1.44. The van der Waals surface area contributed by atoms with Crippen molar-refractivity contribution in [3.63, 3.8) is 0 Å². The van der Waals surface area contributed by atoms with E-state index in [1.807, 2.05) is 0 Å². The Labute approximate surface area is 242 Å². The number of amides is 3. The van der Waals surface area contributed by atoms with E-state index in [-0.39, 0.29) is 24.7 Å². The number of ether oxygens (including phenoxy) is 2. The molecule has 42 heavy (non-hydrogen) atoms. The molecule has 0 spiro atoms. The summed E-state index contributed by atoms with van der Waals surface area (Å²) in [5.41, 5.74) is 1.72. The lowest BCUT2D eigenvalue weighted by Gasteiger charge is -2.25. The van der Waals surface area contributed by atoms with Gasteiger partial charge in [0.1, 0.15) is 35.8 Å². The minimum Gasteiger partial charge on any atom is -0.497 e. The van der Waals surface area contributed by atoms with Gasteiger partial charge in [-0.2, -0.15) is 0 Å². The van der Waals surface area contributed by atoms with E-state index < -0.39 is 43.0 Å². The van der Waals surface area contributed by atoms with Crippen molar-refractivity contribution in [1.82, 2.24) is 35.5 Å². The van der Waals surface area contributed by atoms with Crippen molar-refractivity contribution in [3.05, 3.63) is 48.7 Å². The maximum atomic E-state index is 13.6. The molecule has 1 saturated heterocycles. The number of aromatic nitrogens is 4. The highest BCUT2D eigenvalue weighted by molar-refractivity contribution is 5.88. The van der Waals surface area contributed by atoms with Gasteiger partial charge in [-0.15, -0.1) is 0 Å². The predicted octanol–water partition coefficient (Wildman–Crippen LogP) is -0.00570. The molecule has 14 heteroatoms. The van der Waals surface area contributed by atoms with Crippen molar-refractivity contribution in [3.8, 4) is 5.75 Å². The van der Waals surface area contributed by atoms with Crippen LogP contribution < -0.4 is 20.7 Å². The number of carbonyl (C=O) groups is 3.